The van der Waals surface area contributed by atoms with Crippen molar-refractivity contribution in [1.29, 1.82) is 0 Å². The highest BCUT2D eigenvalue weighted by molar-refractivity contribution is 8.14. The molecule has 1 amide bonds. The van der Waals surface area contributed by atoms with E-state index < -0.39 is 0 Å². The highest BCUT2D eigenvalue weighted by Gasteiger charge is 2.33. The van der Waals surface area contributed by atoms with E-state index >= 15 is 0 Å². The van der Waals surface area contributed by atoms with Crippen LogP contribution in [0.1, 0.15) is 13.3 Å². The SMILES string of the molecule is COc1cc(N2CC(SC(C)=O)CC2=O)nc(N)n1. The molecule has 0 radical (unpaired) electrons. The van der Waals surface area contributed by atoms with Crippen molar-refractivity contribution in [3.8, 4) is 5.88 Å². The van der Waals surface area contributed by atoms with Gasteiger partial charge in [0.1, 0.15) is 5.82 Å². The molecule has 1 aromatic heterocycles. The van der Waals surface area contributed by atoms with Gasteiger partial charge in [-0.05, 0) is 0 Å². The molecular formula is C11H14N4O3S. The zero-order valence-electron chi connectivity index (χ0n) is 10.6. The lowest BCUT2D eigenvalue weighted by atomic mass is 10.4. The maximum absolute atomic E-state index is 11.9. The molecule has 0 aliphatic carbocycles. The highest BCUT2D eigenvalue weighted by Crippen LogP contribution is 2.29. The Bertz CT molecular complexity index is 523. The third-order valence-corrected chi connectivity index (χ3v) is 3.60. The second-order valence-corrected chi connectivity index (χ2v) is 5.54. The van der Waals surface area contributed by atoms with Crippen LogP contribution in [-0.2, 0) is 9.59 Å². The number of methoxy groups -OCH3 is 1. The summed E-state index contributed by atoms with van der Waals surface area (Å²) in [5.41, 5.74) is 5.56. The van der Waals surface area contributed by atoms with Gasteiger partial charge >= 0.3 is 0 Å². The molecule has 0 spiro atoms. The number of carbonyl (C=O) groups excluding carboxylic acids is 2. The number of aromatic nitrogens is 2. The number of hydrogen-bond acceptors (Lipinski definition) is 7. The first kappa shape index (κ1) is 13.6. The van der Waals surface area contributed by atoms with Crippen LogP contribution in [-0.4, -0.2) is 39.9 Å². The largest absolute Gasteiger partial charge is 0.481 e. The van der Waals surface area contributed by atoms with E-state index in [2.05, 4.69) is 9.97 Å². The fourth-order valence-electron chi connectivity index (χ4n) is 1.88. The number of thioether (sulfide) groups is 1. The van der Waals surface area contributed by atoms with Crippen LogP contribution in [0.5, 0.6) is 5.88 Å². The Labute approximate surface area is 114 Å². The zero-order chi connectivity index (χ0) is 14.0. The molecule has 7 nitrogen and oxygen atoms in total. The fourth-order valence-corrected chi connectivity index (χ4v) is 2.80. The van der Waals surface area contributed by atoms with Crippen molar-refractivity contribution < 1.29 is 14.3 Å². The van der Waals surface area contributed by atoms with E-state index in [1.54, 1.807) is 6.07 Å². The monoisotopic (exact) mass is 282 g/mol. The average molecular weight is 282 g/mol. The number of anilines is 2. The first-order valence-corrected chi connectivity index (χ1v) is 6.53. The molecule has 0 aromatic carbocycles. The van der Waals surface area contributed by atoms with E-state index in [9.17, 15) is 9.59 Å². The van der Waals surface area contributed by atoms with Gasteiger partial charge in [-0.2, -0.15) is 9.97 Å². The van der Waals surface area contributed by atoms with Gasteiger partial charge in [-0.15, -0.1) is 0 Å². The van der Waals surface area contributed by atoms with Gasteiger partial charge in [-0.25, -0.2) is 0 Å². The number of nitrogens with zero attached hydrogens (tertiary/aromatic N) is 3. The maximum atomic E-state index is 11.9. The van der Waals surface area contributed by atoms with E-state index in [1.165, 1.54) is 30.7 Å². The van der Waals surface area contributed by atoms with Gasteiger partial charge in [0.05, 0.1) is 7.11 Å². The van der Waals surface area contributed by atoms with Crippen LogP contribution in [0.25, 0.3) is 0 Å². The Kier molecular flexibility index (Phi) is 3.89. The van der Waals surface area contributed by atoms with Gasteiger partial charge in [0.2, 0.25) is 17.7 Å². The normalized spacial score (nSPS) is 18.7. The second kappa shape index (κ2) is 5.43. The molecule has 1 fully saturated rings. The first-order valence-electron chi connectivity index (χ1n) is 5.65. The minimum atomic E-state index is -0.0843. The smallest absolute Gasteiger partial charge is 0.229 e. The quantitative estimate of drug-likeness (QED) is 0.859. The molecule has 0 bridgehead atoms. The van der Waals surface area contributed by atoms with Crippen LogP contribution in [0.4, 0.5) is 11.8 Å². The first-order chi connectivity index (χ1) is 8.99. The highest BCUT2D eigenvalue weighted by atomic mass is 32.2. The number of hydrogen-bond donors (Lipinski definition) is 1. The van der Waals surface area contributed by atoms with Crippen LogP contribution < -0.4 is 15.4 Å². The average Bonchev–Trinajstić information content (AvgIpc) is 2.68. The van der Waals surface area contributed by atoms with Crippen molar-refractivity contribution in [3.05, 3.63) is 6.07 Å². The summed E-state index contributed by atoms with van der Waals surface area (Å²) in [6.07, 6.45) is 0.316. The van der Waals surface area contributed by atoms with Crippen LogP contribution in [0, 0.1) is 0 Å². The zero-order valence-corrected chi connectivity index (χ0v) is 11.4. The molecule has 1 aromatic rings. The predicted molar refractivity (Wildman–Crippen MR) is 72.0 cm³/mol. The second-order valence-electron chi connectivity index (χ2n) is 4.07. The maximum Gasteiger partial charge on any atom is 0.229 e. The Balaban J connectivity index is 2.20. The molecule has 102 valence electrons. The topological polar surface area (TPSA) is 98.4 Å². The van der Waals surface area contributed by atoms with Gasteiger partial charge in [-0.1, -0.05) is 11.8 Å². The fraction of sp³-hybridized carbons (Fsp3) is 0.455. The molecule has 1 aliphatic heterocycles. The number of nitrogens with two attached hydrogens (primary N) is 1. The molecule has 1 atom stereocenters. The molecule has 8 heteroatoms. The van der Waals surface area contributed by atoms with Crippen LogP contribution >= 0.6 is 11.8 Å². The van der Waals surface area contributed by atoms with E-state index in [-0.39, 0.29) is 22.2 Å². The Morgan fingerprint density at radius 1 is 1.58 bits per heavy atom. The van der Waals surface area contributed by atoms with Crippen LogP contribution in [0.15, 0.2) is 6.07 Å². The number of carbonyl (C=O) groups is 2. The van der Waals surface area contributed by atoms with E-state index in [0.717, 1.165) is 0 Å². The third kappa shape index (κ3) is 3.14. The molecular weight excluding hydrogens is 268 g/mol. The summed E-state index contributed by atoms with van der Waals surface area (Å²) in [5.74, 6) is 0.669. The minimum absolute atomic E-state index is 0.000526. The van der Waals surface area contributed by atoms with E-state index in [4.69, 9.17) is 10.5 Å². The van der Waals surface area contributed by atoms with E-state index in [0.29, 0.717) is 24.7 Å². The summed E-state index contributed by atoms with van der Waals surface area (Å²) in [5, 5.41) is -0.0494. The van der Waals surface area contributed by atoms with Gasteiger partial charge in [0, 0.05) is 31.2 Å². The third-order valence-electron chi connectivity index (χ3n) is 2.61. The standard InChI is InChI=1S/C11H14N4O3S/c1-6(16)19-7-3-10(17)15(5-7)8-4-9(18-2)14-11(12)13-8/h4,7H,3,5H2,1-2H3,(H2,12,13,14). The number of amides is 1. The number of rotatable bonds is 3. The Hall–Kier alpha value is -1.83. The van der Waals surface area contributed by atoms with Gasteiger partial charge in [0.25, 0.3) is 0 Å². The summed E-state index contributed by atoms with van der Waals surface area (Å²) in [4.78, 5) is 32.4. The van der Waals surface area contributed by atoms with Crippen molar-refractivity contribution in [3.63, 3.8) is 0 Å². The number of ether oxygens (including phenoxy) is 1. The molecule has 2 N–H and O–H groups in total. The summed E-state index contributed by atoms with van der Waals surface area (Å²) in [6, 6.07) is 1.55. The molecule has 0 saturated carbocycles. The van der Waals surface area contributed by atoms with Crippen molar-refractivity contribution in [2.75, 3.05) is 24.3 Å². The van der Waals surface area contributed by atoms with Gasteiger partial charge in [-0.3, -0.25) is 14.5 Å². The molecule has 1 unspecified atom stereocenters. The van der Waals surface area contributed by atoms with Crippen molar-refractivity contribution >= 4 is 34.6 Å². The van der Waals surface area contributed by atoms with E-state index in [1.807, 2.05) is 0 Å². The lowest BCUT2D eigenvalue weighted by Gasteiger charge is -2.16. The van der Waals surface area contributed by atoms with Gasteiger partial charge < -0.3 is 10.5 Å². The van der Waals surface area contributed by atoms with Crippen LogP contribution in [0.3, 0.4) is 0 Å². The Morgan fingerprint density at radius 2 is 2.32 bits per heavy atom. The molecule has 1 aliphatic rings. The van der Waals surface area contributed by atoms with Crippen molar-refractivity contribution in [2.45, 2.75) is 18.6 Å². The molecule has 1 saturated heterocycles. The minimum Gasteiger partial charge on any atom is -0.481 e. The molecule has 19 heavy (non-hydrogen) atoms. The lowest BCUT2D eigenvalue weighted by molar-refractivity contribution is -0.117. The predicted octanol–water partition coefficient (Wildman–Crippen LogP) is 0.452. The van der Waals surface area contributed by atoms with Crippen molar-refractivity contribution in [2.24, 2.45) is 0 Å². The lowest BCUT2D eigenvalue weighted by Crippen LogP contribution is -2.26. The number of nitrogen functional groups attached to an aromatic ring is 1. The summed E-state index contributed by atoms with van der Waals surface area (Å²) >= 11 is 1.17. The molecule has 2 heterocycles. The van der Waals surface area contributed by atoms with Crippen LogP contribution in [0.2, 0.25) is 0 Å². The Morgan fingerprint density at radius 3 is 2.95 bits per heavy atom. The van der Waals surface area contributed by atoms with Crippen molar-refractivity contribution in [1.82, 2.24) is 9.97 Å². The molecule has 2 rings (SSSR count). The summed E-state index contributed by atoms with van der Waals surface area (Å²) < 4.78 is 4.99. The van der Waals surface area contributed by atoms with Gasteiger partial charge in [0.15, 0.2) is 5.12 Å². The summed E-state index contributed by atoms with van der Waals surface area (Å²) in [7, 11) is 1.46. The summed E-state index contributed by atoms with van der Waals surface area (Å²) in [6.45, 7) is 1.92.